The van der Waals surface area contributed by atoms with Gasteiger partial charge in [0.1, 0.15) is 5.75 Å². The van der Waals surface area contributed by atoms with Crippen LogP contribution in [0.4, 0.5) is 0 Å². The van der Waals surface area contributed by atoms with Gasteiger partial charge in [0.05, 0.1) is 7.11 Å². The van der Waals surface area contributed by atoms with E-state index in [9.17, 15) is 0 Å². The minimum Gasteiger partial charge on any atom is -0.496 e. The Morgan fingerprint density at radius 1 is 1.28 bits per heavy atom. The van der Waals surface area contributed by atoms with E-state index in [4.69, 9.17) is 4.74 Å². The second kappa shape index (κ2) is 7.05. The van der Waals surface area contributed by atoms with Gasteiger partial charge < -0.3 is 9.64 Å². The van der Waals surface area contributed by atoms with Crippen molar-refractivity contribution in [1.29, 1.82) is 0 Å². The van der Waals surface area contributed by atoms with Crippen molar-refractivity contribution >= 4 is 12.6 Å². The molecule has 0 aliphatic heterocycles. The lowest BCUT2D eigenvalue weighted by Gasteiger charge is -2.25. The van der Waals surface area contributed by atoms with E-state index in [0.29, 0.717) is 12.0 Å². The fourth-order valence-electron chi connectivity index (χ4n) is 2.26. The lowest BCUT2D eigenvalue weighted by molar-refractivity contribution is 0.293. The molecule has 0 radical (unpaired) electrons. The summed E-state index contributed by atoms with van der Waals surface area (Å²) in [4.78, 5) is 2.25. The fourth-order valence-corrected chi connectivity index (χ4v) is 2.50. The molecule has 0 saturated heterocycles. The van der Waals surface area contributed by atoms with Crippen molar-refractivity contribution in [2.45, 2.75) is 32.2 Å². The van der Waals surface area contributed by atoms with Gasteiger partial charge in [0, 0.05) is 6.04 Å². The van der Waals surface area contributed by atoms with Crippen molar-refractivity contribution in [3.63, 3.8) is 0 Å². The standard InChI is InChI=1S/C15H25NOS/c1-11(2)13-10-12(6-7-15(13)17-5)14(8-9-18)16(3)4/h6-7,10-11,14,18H,8-9H2,1-5H3. The third-order valence-corrected chi connectivity index (χ3v) is 3.54. The zero-order valence-corrected chi connectivity index (χ0v) is 13.0. The highest BCUT2D eigenvalue weighted by atomic mass is 32.1. The molecule has 102 valence electrons. The number of methoxy groups -OCH3 is 1. The smallest absolute Gasteiger partial charge is 0.122 e. The summed E-state index contributed by atoms with van der Waals surface area (Å²) in [6, 6.07) is 6.95. The van der Waals surface area contributed by atoms with Crippen LogP contribution in [0.15, 0.2) is 18.2 Å². The summed E-state index contributed by atoms with van der Waals surface area (Å²) in [7, 11) is 5.97. The molecule has 1 rings (SSSR count). The van der Waals surface area contributed by atoms with Crippen LogP contribution in [0.1, 0.15) is 43.4 Å². The Bertz CT molecular complexity index is 377. The maximum absolute atomic E-state index is 5.43. The molecule has 0 bridgehead atoms. The molecule has 1 aromatic carbocycles. The number of ether oxygens (including phenoxy) is 1. The minimum absolute atomic E-state index is 0.422. The third kappa shape index (κ3) is 3.66. The van der Waals surface area contributed by atoms with Gasteiger partial charge >= 0.3 is 0 Å². The van der Waals surface area contributed by atoms with Crippen LogP contribution >= 0.6 is 12.6 Å². The van der Waals surface area contributed by atoms with Crippen molar-refractivity contribution in [3.8, 4) is 5.75 Å². The van der Waals surface area contributed by atoms with Gasteiger partial charge in [0.25, 0.3) is 0 Å². The highest BCUT2D eigenvalue weighted by Crippen LogP contribution is 2.31. The first kappa shape index (κ1) is 15.4. The van der Waals surface area contributed by atoms with Crippen molar-refractivity contribution in [2.24, 2.45) is 0 Å². The second-order valence-electron chi connectivity index (χ2n) is 5.15. The Hall–Kier alpha value is -0.670. The summed E-state index contributed by atoms with van der Waals surface area (Å²) in [6.07, 6.45) is 1.06. The van der Waals surface area contributed by atoms with Crippen LogP contribution in [0.3, 0.4) is 0 Å². The molecule has 18 heavy (non-hydrogen) atoms. The highest BCUT2D eigenvalue weighted by Gasteiger charge is 2.16. The Morgan fingerprint density at radius 2 is 1.94 bits per heavy atom. The summed E-state index contributed by atoms with van der Waals surface area (Å²) in [5.74, 6) is 2.35. The van der Waals surface area contributed by atoms with Crippen LogP contribution in [0, 0.1) is 0 Å². The molecule has 2 nitrogen and oxygen atoms in total. The zero-order valence-electron chi connectivity index (χ0n) is 12.1. The van der Waals surface area contributed by atoms with E-state index in [0.717, 1.165) is 17.9 Å². The second-order valence-corrected chi connectivity index (χ2v) is 5.59. The first-order chi connectivity index (χ1) is 8.51. The van der Waals surface area contributed by atoms with Crippen molar-refractivity contribution in [3.05, 3.63) is 29.3 Å². The van der Waals surface area contributed by atoms with E-state index >= 15 is 0 Å². The molecule has 0 heterocycles. The van der Waals surface area contributed by atoms with Crippen LogP contribution in [0.5, 0.6) is 5.75 Å². The van der Waals surface area contributed by atoms with E-state index in [1.165, 1.54) is 11.1 Å². The molecular formula is C15H25NOS. The predicted octanol–water partition coefficient (Wildman–Crippen LogP) is 3.74. The van der Waals surface area contributed by atoms with Crippen LogP contribution in [-0.2, 0) is 0 Å². The van der Waals surface area contributed by atoms with E-state index < -0.39 is 0 Å². The summed E-state index contributed by atoms with van der Waals surface area (Å²) in [6.45, 7) is 4.40. The molecule has 1 unspecified atom stereocenters. The normalized spacial score (nSPS) is 13.1. The van der Waals surface area contributed by atoms with E-state index in [1.807, 2.05) is 0 Å². The number of hydrogen-bond acceptors (Lipinski definition) is 3. The lowest BCUT2D eigenvalue weighted by Crippen LogP contribution is -2.20. The molecule has 0 amide bonds. The molecule has 0 spiro atoms. The number of thiol groups is 1. The van der Waals surface area contributed by atoms with Gasteiger partial charge in [-0.15, -0.1) is 0 Å². The Balaban J connectivity index is 3.12. The molecule has 0 aliphatic rings. The Morgan fingerprint density at radius 3 is 2.39 bits per heavy atom. The van der Waals surface area contributed by atoms with E-state index in [2.05, 4.69) is 63.7 Å². The summed E-state index contributed by atoms with van der Waals surface area (Å²) in [5, 5.41) is 0. The van der Waals surface area contributed by atoms with Gasteiger partial charge in [0.2, 0.25) is 0 Å². The van der Waals surface area contributed by atoms with Gasteiger partial charge in [-0.1, -0.05) is 26.0 Å². The molecule has 0 fully saturated rings. The van der Waals surface area contributed by atoms with Crippen LogP contribution in [0.2, 0.25) is 0 Å². The maximum atomic E-state index is 5.43. The van der Waals surface area contributed by atoms with Crippen LogP contribution < -0.4 is 4.74 Å². The third-order valence-electron chi connectivity index (χ3n) is 3.29. The first-order valence-corrected chi connectivity index (χ1v) is 7.09. The summed E-state index contributed by atoms with van der Waals surface area (Å²) >= 11 is 4.36. The quantitative estimate of drug-likeness (QED) is 0.788. The SMILES string of the molecule is COc1ccc(C(CCS)N(C)C)cc1C(C)C. The molecule has 0 aromatic heterocycles. The summed E-state index contributed by atoms with van der Waals surface area (Å²) < 4.78 is 5.43. The molecule has 1 atom stereocenters. The van der Waals surface area contributed by atoms with Gasteiger partial charge in [-0.3, -0.25) is 0 Å². The lowest BCUT2D eigenvalue weighted by atomic mass is 9.95. The van der Waals surface area contributed by atoms with Gasteiger partial charge in [0.15, 0.2) is 0 Å². The van der Waals surface area contributed by atoms with Gasteiger partial charge in [-0.05, 0) is 49.4 Å². The average Bonchev–Trinajstić information content (AvgIpc) is 2.34. The summed E-state index contributed by atoms with van der Waals surface area (Å²) in [5.41, 5.74) is 2.62. The minimum atomic E-state index is 0.422. The number of nitrogens with zero attached hydrogens (tertiary/aromatic N) is 1. The highest BCUT2D eigenvalue weighted by molar-refractivity contribution is 7.80. The van der Waals surface area contributed by atoms with Crippen molar-refractivity contribution < 1.29 is 4.74 Å². The molecule has 0 N–H and O–H groups in total. The van der Waals surface area contributed by atoms with E-state index in [-0.39, 0.29) is 0 Å². The van der Waals surface area contributed by atoms with E-state index in [1.54, 1.807) is 7.11 Å². The van der Waals surface area contributed by atoms with Crippen LogP contribution in [-0.4, -0.2) is 31.9 Å². The number of hydrogen-bond donors (Lipinski definition) is 1. The molecule has 1 aromatic rings. The number of rotatable bonds is 6. The number of benzene rings is 1. The van der Waals surface area contributed by atoms with Gasteiger partial charge in [-0.25, -0.2) is 0 Å². The zero-order chi connectivity index (χ0) is 13.7. The first-order valence-electron chi connectivity index (χ1n) is 6.46. The van der Waals surface area contributed by atoms with Crippen molar-refractivity contribution in [2.75, 3.05) is 27.0 Å². The largest absolute Gasteiger partial charge is 0.496 e. The maximum Gasteiger partial charge on any atom is 0.122 e. The predicted molar refractivity (Wildman–Crippen MR) is 82.0 cm³/mol. The molecule has 3 heteroatoms. The Labute approximate surface area is 117 Å². The average molecular weight is 267 g/mol. The Kier molecular flexibility index (Phi) is 6.03. The topological polar surface area (TPSA) is 12.5 Å². The molecular weight excluding hydrogens is 242 g/mol. The molecule has 0 aliphatic carbocycles. The molecule has 0 saturated carbocycles. The van der Waals surface area contributed by atoms with Gasteiger partial charge in [-0.2, -0.15) is 12.6 Å². The monoisotopic (exact) mass is 267 g/mol. The fraction of sp³-hybridized carbons (Fsp3) is 0.600. The van der Waals surface area contributed by atoms with Crippen LogP contribution in [0.25, 0.3) is 0 Å². The van der Waals surface area contributed by atoms with Crippen molar-refractivity contribution in [1.82, 2.24) is 4.90 Å².